The maximum atomic E-state index is 2.62. The zero-order chi connectivity index (χ0) is 55.3. The van der Waals surface area contributed by atoms with E-state index in [1.165, 1.54) is 89.2 Å². The Morgan fingerprint density at radius 1 is 0.308 bits per heavy atom. The number of benzene rings is 9. The Morgan fingerprint density at radius 2 is 0.705 bits per heavy atom. The molecule has 9 aromatic rings. The quantitative estimate of drug-likeness (QED) is 0.147. The van der Waals surface area contributed by atoms with Crippen molar-refractivity contribution in [1.29, 1.82) is 0 Å². The molecule has 0 fully saturated rings. The topological polar surface area (TPSA) is 9.72 Å². The van der Waals surface area contributed by atoms with Gasteiger partial charge in [-0.1, -0.05) is 243 Å². The van der Waals surface area contributed by atoms with Crippen LogP contribution < -0.4 is 31.1 Å². The van der Waals surface area contributed by atoms with E-state index in [2.05, 4.69) is 319 Å². The van der Waals surface area contributed by atoms with Crippen molar-refractivity contribution >= 4 is 74.3 Å². The smallest absolute Gasteiger partial charge is 0.252 e. The molecule has 0 aromatic heterocycles. The molecule has 2 aliphatic rings. The van der Waals surface area contributed by atoms with E-state index in [1.54, 1.807) is 0 Å². The van der Waals surface area contributed by atoms with Crippen LogP contribution in [-0.2, 0) is 27.1 Å². The van der Waals surface area contributed by atoms with Crippen molar-refractivity contribution in [1.82, 2.24) is 0 Å². The molecule has 11 rings (SSSR count). The third-order valence-corrected chi connectivity index (χ3v) is 16.5. The first kappa shape index (κ1) is 52.5. The molecule has 0 saturated carbocycles. The van der Waals surface area contributed by atoms with E-state index in [-0.39, 0.29) is 33.8 Å². The molecule has 0 radical (unpaired) electrons. The lowest BCUT2D eigenvalue weighted by molar-refractivity contribution is 0.590. The molecule has 2 aliphatic heterocycles. The van der Waals surface area contributed by atoms with Crippen molar-refractivity contribution in [3.05, 3.63) is 228 Å². The normalized spacial score (nSPS) is 13.5. The lowest BCUT2D eigenvalue weighted by Crippen LogP contribution is -2.61. The monoisotopic (exact) mass is 1020 g/mol. The van der Waals surface area contributed by atoms with Crippen molar-refractivity contribution in [2.75, 3.05) is 14.7 Å². The van der Waals surface area contributed by atoms with Crippen LogP contribution in [0, 0.1) is 0 Å². The molecule has 0 amide bonds. The SMILES string of the molecule is CC(C)(C)c1ccc(-c2ccccc2N(c2ccccc2)c2cc3c4c(c2)N(c2ccccc2-c2ccc(C(C)(C)C)cc2)c2ccc(C(C)(C)C)cc2B4c2cc(C(C)(C)C)ccc2N3c2ccc(C(C)(C)C)cc2)cc1. The Balaban J connectivity index is 1.27. The Hall–Kier alpha value is -7.56. The number of rotatable bonds is 7. The van der Waals surface area contributed by atoms with Crippen LogP contribution in [0.4, 0.5) is 51.2 Å². The van der Waals surface area contributed by atoms with Gasteiger partial charge < -0.3 is 14.7 Å². The maximum absolute atomic E-state index is 2.62. The summed E-state index contributed by atoms with van der Waals surface area (Å²) in [5.41, 5.74) is 25.5. The summed E-state index contributed by atoms with van der Waals surface area (Å²) < 4.78 is 0. The van der Waals surface area contributed by atoms with Crippen molar-refractivity contribution in [3.8, 4) is 22.3 Å². The summed E-state index contributed by atoms with van der Waals surface area (Å²) in [7, 11) is 0. The third kappa shape index (κ3) is 9.56. The van der Waals surface area contributed by atoms with Gasteiger partial charge in [0.1, 0.15) is 0 Å². The summed E-state index contributed by atoms with van der Waals surface area (Å²) in [5, 5.41) is 0. The first-order valence-electron chi connectivity index (χ1n) is 28.3. The molecule has 0 N–H and O–H groups in total. The fourth-order valence-electron chi connectivity index (χ4n) is 11.8. The van der Waals surface area contributed by atoms with Gasteiger partial charge in [0, 0.05) is 45.3 Å². The van der Waals surface area contributed by atoms with Crippen LogP contribution in [0.15, 0.2) is 200 Å². The average molecular weight is 1020 g/mol. The summed E-state index contributed by atoms with van der Waals surface area (Å²) in [5.74, 6) is 0. The largest absolute Gasteiger partial charge is 0.311 e. The van der Waals surface area contributed by atoms with Gasteiger partial charge in [-0.15, -0.1) is 0 Å². The summed E-state index contributed by atoms with van der Waals surface area (Å²) in [6.45, 7) is 34.7. The number of hydrogen-bond acceptors (Lipinski definition) is 3. The van der Waals surface area contributed by atoms with Crippen LogP contribution in [-0.4, -0.2) is 6.71 Å². The van der Waals surface area contributed by atoms with Gasteiger partial charge in [-0.05, 0) is 143 Å². The number of para-hydroxylation sites is 3. The van der Waals surface area contributed by atoms with E-state index in [1.807, 2.05) is 0 Å². The van der Waals surface area contributed by atoms with Gasteiger partial charge in [0.05, 0.1) is 17.1 Å². The molecule has 0 bridgehead atoms. The number of hydrogen-bond donors (Lipinski definition) is 0. The number of fused-ring (bicyclic) bond motifs is 4. The molecule has 0 saturated heterocycles. The van der Waals surface area contributed by atoms with Gasteiger partial charge in [-0.2, -0.15) is 0 Å². The second-order valence-electron chi connectivity index (χ2n) is 27.2. The summed E-state index contributed by atoms with van der Waals surface area (Å²) in [6, 6.07) is 76.7. The molecule has 0 spiro atoms. The lowest BCUT2D eigenvalue weighted by atomic mass is 9.33. The van der Waals surface area contributed by atoms with Crippen molar-refractivity contribution in [3.63, 3.8) is 0 Å². The molecule has 78 heavy (non-hydrogen) atoms. The highest BCUT2D eigenvalue weighted by Crippen LogP contribution is 2.51. The van der Waals surface area contributed by atoms with Gasteiger partial charge in [0.2, 0.25) is 0 Å². The molecule has 0 aliphatic carbocycles. The zero-order valence-corrected chi connectivity index (χ0v) is 49.0. The Kier molecular flexibility index (Phi) is 12.9. The van der Waals surface area contributed by atoms with Crippen LogP contribution in [0.2, 0.25) is 0 Å². The van der Waals surface area contributed by atoms with Gasteiger partial charge in [-0.25, -0.2) is 0 Å². The van der Waals surface area contributed by atoms with Crippen molar-refractivity contribution in [2.24, 2.45) is 0 Å². The standard InChI is InChI=1S/C74H78BN3/c1-70(2,3)51-33-29-49(30-34-51)59-25-19-21-27-63(59)76(56-23-17-16-18-24-56)58-47-67-69-68(48-58)78(64-28-22-20-26-60(64)50-31-35-52(36-32-50)71(4,5)6)66-44-40-55(74(13,14)15)46-62(66)75(69)61-45-54(73(10,11)12)39-43-65(61)77(67)57-41-37-53(38-42-57)72(7,8)9/h16-48H,1-15H3. The number of nitrogens with zero attached hydrogens (tertiary/aromatic N) is 3. The maximum Gasteiger partial charge on any atom is 0.252 e. The summed E-state index contributed by atoms with van der Waals surface area (Å²) in [4.78, 5) is 7.71. The van der Waals surface area contributed by atoms with E-state index in [9.17, 15) is 0 Å². The van der Waals surface area contributed by atoms with Crippen LogP contribution in [0.1, 0.15) is 132 Å². The predicted octanol–water partition coefficient (Wildman–Crippen LogP) is 19.1. The van der Waals surface area contributed by atoms with E-state index < -0.39 is 0 Å². The fraction of sp³-hybridized carbons (Fsp3) is 0.270. The molecule has 392 valence electrons. The van der Waals surface area contributed by atoms with Gasteiger partial charge in [-0.3, -0.25) is 0 Å². The first-order chi connectivity index (χ1) is 36.9. The molecule has 0 unspecified atom stereocenters. The van der Waals surface area contributed by atoms with Gasteiger partial charge >= 0.3 is 0 Å². The van der Waals surface area contributed by atoms with Crippen LogP contribution in [0.25, 0.3) is 22.3 Å². The minimum Gasteiger partial charge on any atom is -0.311 e. The van der Waals surface area contributed by atoms with Crippen LogP contribution >= 0.6 is 0 Å². The van der Waals surface area contributed by atoms with Crippen LogP contribution in [0.3, 0.4) is 0 Å². The lowest BCUT2D eigenvalue weighted by Gasteiger charge is -2.46. The summed E-state index contributed by atoms with van der Waals surface area (Å²) >= 11 is 0. The highest BCUT2D eigenvalue weighted by molar-refractivity contribution is 7.00. The Morgan fingerprint density at radius 3 is 1.21 bits per heavy atom. The van der Waals surface area contributed by atoms with Crippen molar-refractivity contribution in [2.45, 2.75) is 131 Å². The fourth-order valence-corrected chi connectivity index (χ4v) is 11.8. The van der Waals surface area contributed by atoms with Crippen LogP contribution in [0.5, 0.6) is 0 Å². The van der Waals surface area contributed by atoms with E-state index in [4.69, 9.17) is 0 Å². The second kappa shape index (κ2) is 19.1. The highest BCUT2D eigenvalue weighted by atomic mass is 15.2. The first-order valence-corrected chi connectivity index (χ1v) is 28.3. The Labute approximate surface area is 467 Å². The third-order valence-electron chi connectivity index (χ3n) is 16.5. The second-order valence-corrected chi connectivity index (χ2v) is 27.2. The number of anilines is 9. The minimum absolute atomic E-state index is 0.00378. The molecule has 2 heterocycles. The van der Waals surface area contributed by atoms with E-state index in [0.717, 1.165) is 28.4 Å². The minimum atomic E-state index is -0.0816. The average Bonchev–Trinajstić information content (AvgIpc) is 3.21. The molecule has 0 atom stereocenters. The summed E-state index contributed by atoms with van der Waals surface area (Å²) in [6.07, 6.45) is 0. The molecular formula is C74H78BN3. The molecule has 9 aromatic carbocycles. The molecule has 3 nitrogen and oxygen atoms in total. The Bertz CT molecular complexity index is 3680. The highest BCUT2D eigenvalue weighted by Gasteiger charge is 2.45. The zero-order valence-electron chi connectivity index (χ0n) is 49.0. The van der Waals surface area contributed by atoms with E-state index in [0.29, 0.717) is 0 Å². The molecule has 4 heteroatoms. The molecular weight excluding hydrogens is 942 g/mol. The van der Waals surface area contributed by atoms with Gasteiger partial charge in [0.15, 0.2) is 0 Å². The van der Waals surface area contributed by atoms with E-state index >= 15 is 0 Å². The van der Waals surface area contributed by atoms with Crippen molar-refractivity contribution < 1.29 is 0 Å². The van der Waals surface area contributed by atoms with Gasteiger partial charge in [0.25, 0.3) is 6.71 Å². The predicted molar refractivity (Wildman–Crippen MR) is 340 cm³/mol.